The summed E-state index contributed by atoms with van der Waals surface area (Å²) in [5.41, 5.74) is 2.48. The van der Waals surface area contributed by atoms with Crippen molar-refractivity contribution in [3.8, 4) is 11.6 Å². The van der Waals surface area contributed by atoms with Gasteiger partial charge < -0.3 is 14.0 Å². The van der Waals surface area contributed by atoms with Crippen LogP contribution in [0.5, 0.6) is 0 Å². The number of aromatic amines is 1. The zero-order chi connectivity index (χ0) is 18.1. The Hall–Kier alpha value is -2.61. The molecule has 0 amide bonds. The van der Waals surface area contributed by atoms with Crippen molar-refractivity contribution < 1.29 is 14.0 Å². The Labute approximate surface area is 148 Å². The van der Waals surface area contributed by atoms with Crippen molar-refractivity contribution in [2.45, 2.75) is 25.9 Å². The predicted molar refractivity (Wildman–Crippen MR) is 94.0 cm³/mol. The third-order valence-corrected chi connectivity index (χ3v) is 5.00. The number of H-pyrrole nitrogens is 1. The van der Waals surface area contributed by atoms with Crippen molar-refractivity contribution in [1.29, 1.82) is 0 Å². The first kappa shape index (κ1) is 17.2. The normalized spacial score (nSPS) is 11.0. The lowest BCUT2D eigenvalue weighted by atomic mass is 10.1. The summed E-state index contributed by atoms with van der Waals surface area (Å²) in [4.78, 5) is 27.3. The van der Waals surface area contributed by atoms with Crippen LogP contribution in [0.15, 0.2) is 28.0 Å². The number of hydrogen-bond acceptors (Lipinski definition) is 6. The lowest BCUT2D eigenvalue weighted by molar-refractivity contribution is 0.101. The minimum absolute atomic E-state index is 0.0469. The summed E-state index contributed by atoms with van der Waals surface area (Å²) < 4.78 is 7.11. The lowest BCUT2D eigenvalue weighted by Gasteiger charge is -2.02. The molecule has 3 aromatic heterocycles. The molecule has 0 spiro atoms. The molecular weight excluding hydrogens is 340 g/mol. The second-order valence-electron chi connectivity index (χ2n) is 5.74. The number of nitrogens with one attached hydrogen (secondary N) is 1. The van der Waals surface area contributed by atoms with E-state index in [-0.39, 0.29) is 17.3 Å². The number of aromatic nitrogens is 4. The molecule has 0 saturated heterocycles. The summed E-state index contributed by atoms with van der Waals surface area (Å²) in [5.74, 6) is 1.29. The van der Waals surface area contributed by atoms with Gasteiger partial charge in [-0.15, -0.1) is 10.2 Å². The molecule has 1 N–H and O–H groups in total. The van der Waals surface area contributed by atoms with Crippen LogP contribution in [-0.4, -0.2) is 37.1 Å². The van der Waals surface area contributed by atoms with E-state index in [2.05, 4.69) is 15.2 Å². The Bertz CT molecular complexity index is 938. The van der Waals surface area contributed by atoms with Crippen LogP contribution in [0.4, 0.5) is 0 Å². The minimum atomic E-state index is -0.0827. The standard InChI is InChI=1S/C17H18N4O3S/c1-9-14(11(3)22)10(2)18-15(9)12(23)8-25-17-20-19-16(21(17)4)13-6-5-7-24-13/h5-7,18H,8H2,1-4H3. The fraction of sp³-hybridized carbons (Fsp3) is 0.294. The molecule has 0 unspecified atom stereocenters. The molecule has 0 aromatic carbocycles. The van der Waals surface area contributed by atoms with Gasteiger partial charge in [0.25, 0.3) is 0 Å². The number of thioether (sulfide) groups is 1. The molecule has 3 aromatic rings. The SMILES string of the molecule is CC(=O)c1c(C)[nH]c(C(=O)CSc2nnc(-c3ccco3)n2C)c1C. The molecule has 3 rings (SSSR count). The average Bonchev–Trinajstić information content (AvgIpc) is 3.25. The van der Waals surface area contributed by atoms with Gasteiger partial charge in [-0.2, -0.15) is 0 Å². The molecule has 7 nitrogen and oxygen atoms in total. The molecule has 0 bridgehead atoms. The van der Waals surface area contributed by atoms with Crippen molar-refractivity contribution >= 4 is 23.3 Å². The first-order valence-electron chi connectivity index (χ1n) is 7.69. The van der Waals surface area contributed by atoms with Gasteiger partial charge in [-0.25, -0.2) is 0 Å². The number of aryl methyl sites for hydroxylation is 1. The summed E-state index contributed by atoms with van der Waals surface area (Å²) in [6.45, 7) is 5.09. The first-order valence-corrected chi connectivity index (χ1v) is 8.68. The van der Waals surface area contributed by atoms with Gasteiger partial charge in [0.05, 0.1) is 17.7 Å². The summed E-state index contributed by atoms with van der Waals surface area (Å²) in [7, 11) is 1.82. The number of carbonyl (C=O) groups excluding carboxylic acids is 2. The molecule has 0 atom stereocenters. The summed E-state index contributed by atoms with van der Waals surface area (Å²) >= 11 is 1.29. The van der Waals surface area contributed by atoms with E-state index in [9.17, 15) is 9.59 Å². The molecule has 0 fully saturated rings. The van der Waals surface area contributed by atoms with E-state index < -0.39 is 0 Å². The lowest BCUT2D eigenvalue weighted by Crippen LogP contribution is -2.06. The Morgan fingerprint density at radius 3 is 2.68 bits per heavy atom. The Morgan fingerprint density at radius 2 is 2.08 bits per heavy atom. The highest BCUT2D eigenvalue weighted by Gasteiger charge is 2.21. The third-order valence-electron chi connectivity index (χ3n) is 3.98. The number of Topliss-reactive ketones (excluding diaryl/α,β-unsaturated/α-hetero) is 2. The Kier molecular flexibility index (Phi) is 4.63. The van der Waals surface area contributed by atoms with Gasteiger partial charge in [-0.05, 0) is 38.5 Å². The summed E-state index contributed by atoms with van der Waals surface area (Å²) in [5, 5.41) is 8.83. The number of rotatable bonds is 6. The predicted octanol–water partition coefficient (Wildman–Crippen LogP) is 3.20. The molecule has 0 radical (unpaired) electrons. The second-order valence-corrected chi connectivity index (χ2v) is 6.68. The number of hydrogen-bond donors (Lipinski definition) is 1. The number of furan rings is 1. The van der Waals surface area contributed by atoms with Crippen molar-refractivity contribution in [3.05, 3.63) is 40.9 Å². The average molecular weight is 358 g/mol. The second kappa shape index (κ2) is 6.72. The van der Waals surface area contributed by atoms with Crippen molar-refractivity contribution in [3.63, 3.8) is 0 Å². The van der Waals surface area contributed by atoms with E-state index in [0.717, 1.165) is 5.69 Å². The molecular formula is C17H18N4O3S. The van der Waals surface area contributed by atoms with Gasteiger partial charge in [0.15, 0.2) is 28.3 Å². The van der Waals surface area contributed by atoms with Crippen LogP contribution in [0.25, 0.3) is 11.6 Å². The molecule has 8 heteroatoms. The maximum absolute atomic E-state index is 12.5. The zero-order valence-corrected chi connectivity index (χ0v) is 15.2. The Morgan fingerprint density at radius 1 is 1.32 bits per heavy atom. The van der Waals surface area contributed by atoms with Crippen LogP contribution in [0.3, 0.4) is 0 Å². The van der Waals surface area contributed by atoms with Gasteiger partial charge in [-0.1, -0.05) is 11.8 Å². The highest BCUT2D eigenvalue weighted by atomic mass is 32.2. The molecule has 0 saturated carbocycles. The fourth-order valence-corrected chi connectivity index (χ4v) is 3.60. The van der Waals surface area contributed by atoms with Crippen LogP contribution < -0.4 is 0 Å². The van der Waals surface area contributed by atoms with E-state index in [0.29, 0.717) is 33.6 Å². The van der Waals surface area contributed by atoms with E-state index >= 15 is 0 Å². The van der Waals surface area contributed by atoms with Gasteiger partial charge in [-0.3, -0.25) is 9.59 Å². The van der Waals surface area contributed by atoms with Crippen LogP contribution in [0, 0.1) is 13.8 Å². The largest absolute Gasteiger partial charge is 0.461 e. The molecule has 3 heterocycles. The molecule has 0 aliphatic heterocycles. The van der Waals surface area contributed by atoms with Crippen molar-refractivity contribution in [2.75, 3.05) is 5.75 Å². The van der Waals surface area contributed by atoms with Gasteiger partial charge in [0.1, 0.15) is 0 Å². The summed E-state index contributed by atoms with van der Waals surface area (Å²) in [6, 6.07) is 3.58. The highest BCUT2D eigenvalue weighted by molar-refractivity contribution is 7.99. The summed E-state index contributed by atoms with van der Waals surface area (Å²) in [6.07, 6.45) is 1.57. The van der Waals surface area contributed by atoms with Crippen LogP contribution >= 0.6 is 11.8 Å². The third kappa shape index (κ3) is 3.17. The smallest absolute Gasteiger partial charge is 0.200 e. The van der Waals surface area contributed by atoms with Gasteiger partial charge >= 0.3 is 0 Å². The van der Waals surface area contributed by atoms with Crippen LogP contribution in [0.2, 0.25) is 0 Å². The maximum Gasteiger partial charge on any atom is 0.200 e. The van der Waals surface area contributed by atoms with Crippen LogP contribution in [-0.2, 0) is 7.05 Å². The highest BCUT2D eigenvalue weighted by Crippen LogP contribution is 2.25. The van der Waals surface area contributed by atoms with Gasteiger partial charge in [0, 0.05) is 18.3 Å². The van der Waals surface area contributed by atoms with Crippen molar-refractivity contribution in [1.82, 2.24) is 19.7 Å². The number of ketones is 2. The van der Waals surface area contributed by atoms with Crippen LogP contribution in [0.1, 0.15) is 39.0 Å². The van der Waals surface area contributed by atoms with E-state index in [4.69, 9.17) is 4.42 Å². The molecule has 0 aliphatic rings. The quantitative estimate of drug-likeness (QED) is 0.537. The minimum Gasteiger partial charge on any atom is -0.461 e. The van der Waals surface area contributed by atoms with Gasteiger partial charge in [0.2, 0.25) is 0 Å². The van der Waals surface area contributed by atoms with E-state index in [1.807, 2.05) is 7.05 Å². The molecule has 130 valence electrons. The maximum atomic E-state index is 12.5. The van der Waals surface area contributed by atoms with E-state index in [1.165, 1.54) is 18.7 Å². The van der Waals surface area contributed by atoms with Crippen molar-refractivity contribution in [2.24, 2.45) is 7.05 Å². The zero-order valence-electron chi connectivity index (χ0n) is 14.4. The molecule has 0 aliphatic carbocycles. The monoisotopic (exact) mass is 358 g/mol. The van der Waals surface area contributed by atoms with E-state index in [1.54, 1.807) is 36.8 Å². The first-order chi connectivity index (χ1) is 11.9. The molecule has 25 heavy (non-hydrogen) atoms. The topological polar surface area (TPSA) is 93.8 Å². The number of carbonyl (C=O) groups is 2. The number of nitrogens with zero attached hydrogens (tertiary/aromatic N) is 3. The fourth-order valence-electron chi connectivity index (χ4n) is 2.82. The Balaban J connectivity index is 1.76.